The number of aryl methyl sites for hydroxylation is 1. The SMILES string of the molecule is Cc1ccc(S(=O)(=O)n2c(-c3ccccc3)c([Se]c3ccccc3)c3ccc(Br)cc32)cc1. The van der Waals surface area contributed by atoms with Crippen LogP contribution in [0.25, 0.3) is 22.2 Å². The van der Waals surface area contributed by atoms with Gasteiger partial charge in [-0.3, -0.25) is 0 Å². The van der Waals surface area contributed by atoms with Crippen LogP contribution in [0.1, 0.15) is 5.56 Å². The monoisotopic (exact) mass is 581 g/mol. The summed E-state index contributed by atoms with van der Waals surface area (Å²) in [6.45, 7) is 1.95. The van der Waals surface area contributed by atoms with E-state index >= 15 is 0 Å². The van der Waals surface area contributed by atoms with Gasteiger partial charge in [-0.1, -0.05) is 0 Å². The first kappa shape index (κ1) is 22.2. The average molecular weight is 581 g/mol. The maximum atomic E-state index is 14.1. The number of hydrogen-bond acceptors (Lipinski definition) is 2. The third-order valence-corrected chi connectivity index (χ3v) is 9.99. The Morgan fingerprint density at radius 2 is 1.42 bits per heavy atom. The summed E-state index contributed by atoms with van der Waals surface area (Å²) in [5.41, 5.74) is 3.31. The van der Waals surface area contributed by atoms with Crippen LogP contribution in [0, 0.1) is 6.92 Å². The van der Waals surface area contributed by atoms with Crippen molar-refractivity contribution in [1.29, 1.82) is 0 Å². The van der Waals surface area contributed by atoms with E-state index in [4.69, 9.17) is 0 Å². The second kappa shape index (κ2) is 8.96. The standard InChI is InChI=1S/C27H20BrNO2SSe/c1-19-12-15-22(16-13-19)32(30,31)29-25-18-21(28)14-17-24(25)27(33-23-10-6-3-7-11-23)26(29)20-8-4-2-5-9-20/h2-18H,1H3. The Labute approximate surface area is 208 Å². The summed E-state index contributed by atoms with van der Waals surface area (Å²) < 4.78 is 32.8. The van der Waals surface area contributed by atoms with Crippen LogP contribution in [-0.2, 0) is 10.0 Å². The van der Waals surface area contributed by atoms with Crippen molar-refractivity contribution in [2.24, 2.45) is 0 Å². The number of halogens is 1. The first-order valence-electron chi connectivity index (χ1n) is 10.4. The Kier molecular flexibility index (Phi) is 6.02. The summed E-state index contributed by atoms with van der Waals surface area (Å²) in [6.07, 6.45) is 0. The molecule has 0 radical (unpaired) electrons. The van der Waals surface area contributed by atoms with Gasteiger partial charge in [-0.2, -0.15) is 0 Å². The van der Waals surface area contributed by atoms with Crippen LogP contribution in [0.15, 0.2) is 112 Å². The molecule has 0 spiro atoms. The van der Waals surface area contributed by atoms with Gasteiger partial charge in [-0.05, 0) is 0 Å². The van der Waals surface area contributed by atoms with E-state index in [9.17, 15) is 8.42 Å². The quantitative estimate of drug-likeness (QED) is 0.266. The van der Waals surface area contributed by atoms with Gasteiger partial charge in [-0.25, -0.2) is 0 Å². The first-order valence-corrected chi connectivity index (χ1v) is 14.3. The van der Waals surface area contributed by atoms with Crippen LogP contribution >= 0.6 is 15.9 Å². The van der Waals surface area contributed by atoms with Gasteiger partial charge in [0.15, 0.2) is 0 Å². The molecule has 33 heavy (non-hydrogen) atoms. The van der Waals surface area contributed by atoms with Crippen molar-refractivity contribution >= 4 is 60.7 Å². The fraction of sp³-hybridized carbons (Fsp3) is 0.0370. The molecule has 4 aromatic carbocycles. The summed E-state index contributed by atoms with van der Waals surface area (Å²) in [5, 5.41) is 0.955. The molecule has 6 heteroatoms. The molecule has 0 atom stereocenters. The van der Waals surface area contributed by atoms with Gasteiger partial charge in [0.1, 0.15) is 0 Å². The molecule has 5 aromatic rings. The van der Waals surface area contributed by atoms with E-state index in [0.29, 0.717) is 5.52 Å². The Hall–Kier alpha value is -2.63. The number of rotatable bonds is 5. The molecule has 0 aliphatic carbocycles. The second-order valence-electron chi connectivity index (χ2n) is 7.70. The predicted octanol–water partition coefficient (Wildman–Crippen LogP) is 5.27. The molecule has 164 valence electrons. The molecule has 1 aromatic heterocycles. The van der Waals surface area contributed by atoms with Crippen molar-refractivity contribution in [1.82, 2.24) is 3.97 Å². The molecule has 0 saturated carbocycles. The summed E-state index contributed by atoms with van der Waals surface area (Å²) in [6, 6.07) is 33.0. The molecule has 0 amide bonds. The molecule has 0 saturated heterocycles. The number of benzene rings is 4. The van der Waals surface area contributed by atoms with E-state index < -0.39 is 10.0 Å². The van der Waals surface area contributed by atoms with E-state index in [2.05, 4.69) is 28.1 Å². The predicted molar refractivity (Wildman–Crippen MR) is 140 cm³/mol. The molecule has 0 N–H and O–H groups in total. The fourth-order valence-corrected chi connectivity index (χ4v) is 8.19. The minimum absolute atomic E-state index is 0.0907. The molecule has 0 aliphatic heterocycles. The van der Waals surface area contributed by atoms with E-state index in [-0.39, 0.29) is 19.9 Å². The Morgan fingerprint density at radius 3 is 2.09 bits per heavy atom. The Morgan fingerprint density at radius 1 is 0.788 bits per heavy atom. The number of aromatic nitrogens is 1. The maximum absolute atomic E-state index is 14.1. The number of nitrogens with zero attached hydrogens (tertiary/aromatic N) is 1. The zero-order valence-corrected chi connectivity index (χ0v) is 21.9. The molecular weight excluding hydrogens is 561 g/mol. The van der Waals surface area contributed by atoms with Crippen LogP contribution in [-0.4, -0.2) is 27.3 Å². The first-order chi connectivity index (χ1) is 15.9. The summed E-state index contributed by atoms with van der Waals surface area (Å²) in [7, 11) is -3.84. The van der Waals surface area contributed by atoms with Gasteiger partial charge in [0.2, 0.25) is 0 Å². The zero-order valence-electron chi connectivity index (χ0n) is 17.8. The van der Waals surface area contributed by atoms with Crippen LogP contribution < -0.4 is 8.92 Å². The Balaban J connectivity index is 1.88. The van der Waals surface area contributed by atoms with Gasteiger partial charge in [0.05, 0.1) is 0 Å². The van der Waals surface area contributed by atoms with Crippen molar-refractivity contribution in [3.05, 3.63) is 113 Å². The van der Waals surface area contributed by atoms with Crippen molar-refractivity contribution in [3.63, 3.8) is 0 Å². The summed E-state index contributed by atoms with van der Waals surface area (Å²) >= 11 is 3.46. The normalized spacial score (nSPS) is 11.7. The Bertz CT molecular complexity index is 1550. The fourth-order valence-electron chi connectivity index (χ4n) is 3.82. The summed E-state index contributed by atoms with van der Waals surface area (Å²) in [4.78, 5) is 0.279. The van der Waals surface area contributed by atoms with Crippen LogP contribution in [0.4, 0.5) is 0 Å². The van der Waals surface area contributed by atoms with Gasteiger partial charge in [0.25, 0.3) is 0 Å². The molecule has 3 nitrogen and oxygen atoms in total. The third-order valence-electron chi connectivity index (χ3n) is 5.41. The van der Waals surface area contributed by atoms with Gasteiger partial charge < -0.3 is 0 Å². The number of hydrogen-bond donors (Lipinski definition) is 0. The van der Waals surface area contributed by atoms with Crippen LogP contribution in [0.5, 0.6) is 0 Å². The van der Waals surface area contributed by atoms with Crippen LogP contribution in [0.3, 0.4) is 0 Å². The van der Waals surface area contributed by atoms with Crippen molar-refractivity contribution in [3.8, 4) is 11.3 Å². The van der Waals surface area contributed by atoms with Crippen molar-refractivity contribution in [2.75, 3.05) is 0 Å². The van der Waals surface area contributed by atoms with E-state index in [0.717, 1.165) is 31.1 Å². The molecule has 5 rings (SSSR count). The molecule has 0 aliphatic rings. The van der Waals surface area contributed by atoms with E-state index in [1.54, 1.807) is 12.1 Å². The third kappa shape index (κ3) is 4.20. The average Bonchev–Trinajstić information content (AvgIpc) is 3.14. The molecule has 1 heterocycles. The number of fused-ring (bicyclic) bond motifs is 1. The van der Waals surface area contributed by atoms with Crippen molar-refractivity contribution < 1.29 is 8.42 Å². The van der Waals surface area contributed by atoms with Crippen LogP contribution in [0.2, 0.25) is 0 Å². The van der Waals surface area contributed by atoms with Gasteiger partial charge in [0, 0.05) is 0 Å². The van der Waals surface area contributed by atoms with E-state index in [1.807, 2.05) is 85.8 Å². The second-order valence-corrected chi connectivity index (χ2v) is 12.7. The molecule has 0 bridgehead atoms. The van der Waals surface area contributed by atoms with Gasteiger partial charge >= 0.3 is 209 Å². The van der Waals surface area contributed by atoms with Crippen molar-refractivity contribution in [2.45, 2.75) is 11.8 Å². The van der Waals surface area contributed by atoms with E-state index in [1.165, 1.54) is 8.43 Å². The molecular formula is C27H20BrNO2SSe. The molecule has 0 fully saturated rings. The molecule has 0 unspecified atom stereocenters. The zero-order chi connectivity index (χ0) is 23.0. The minimum atomic E-state index is -3.84. The topological polar surface area (TPSA) is 39.1 Å². The summed E-state index contributed by atoms with van der Waals surface area (Å²) in [5.74, 6) is 0. The van der Waals surface area contributed by atoms with Gasteiger partial charge in [-0.15, -0.1) is 0 Å².